The zero-order valence-corrected chi connectivity index (χ0v) is 17.2. The molecule has 1 atom stereocenters. The minimum Gasteiger partial charge on any atom is -0.493 e. The van der Waals surface area contributed by atoms with Crippen molar-refractivity contribution in [3.05, 3.63) is 45.9 Å². The molecule has 1 amide bonds. The molecule has 0 spiro atoms. The summed E-state index contributed by atoms with van der Waals surface area (Å²) in [6, 6.07) is 7.83. The Morgan fingerprint density at radius 2 is 2.14 bits per heavy atom. The summed E-state index contributed by atoms with van der Waals surface area (Å²) >= 11 is 1.42. The minimum atomic E-state index is -0.408. The molecule has 3 rings (SSSR count). The summed E-state index contributed by atoms with van der Waals surface area (Å²) in [5, 5.41) is 2.52. The number of hydrogen-bond acceptors (Lipinski definition) is 6. The van der Waals surface area contributed by atoms with Gasteiger partial charge < -0.3 is 14.4 Å². The molecule has 6 nitrogen and oxygen atoms in total. The van der Waals surface area contributed by atoms with E-state index in [-0.39, 0.29) is 11.9 Å². The maximum atomic E-state index is 12.7. The lowest BCUT2D eigenvalue weighted by Gasteiger charge is -2.23. The van der Waals surface area contributed by atoms with E-state index in [2.05, 4.69) is 4.98 Å². The molecule has 7 heteroatoms. The molecule has 1 aliphatic rings. The molecular formula is C21H26N2O4S. The van der Waals surface area contributed by atoms with Gasteiger partial charge >= 0.3 is 5.97 Å². The standard InChI is InChI=1S/C21H26N2O4S/c1-3-26-21(25)16-14-28-20(22-16)17-9-6-12-23(17)19(24)11-7-13-27-18-10-5-4-8-15(18)2/h4-5,8,10,14,17H,3,6-7,9,11-13H2,1-2H3/t17-/m1/s1. The predicted molar refractivity (Wildman–Crippen MR) is 108 cm³/mol. The van der Waals surface area contributed by atoms with Gasteiger partial charge in [-0.1, -0.05) is 18.2 Å². The maximum Gasteiger partial charge on any atom is 0.357 e. The molecule has 1 aromatic carbocycles. The summed E-state index contributed by atoms with van der Waals surface area (Å²) in [4.78, 5) is 30.8. The van der Waals surface area contributed by atoms with Gasteiger partial charge in [0.2, 0.25) is 5.91 Å². The van der Waals surface area contributed by atoms with Crippen LogP contribution in [0.25, 0.3) is 0 Å². The number of carbonyl (C=O) groups is 2. The second kappa shape index (κ2) is 9.68. The van der Waals surface area contributed by atoms with Crippen LogP contribution in [0.5, 0.6) is 5.75 Å². The zero-order chi connectivity index (χ0) is 19.9. The zero-order valence-electron chi connectivity index (χ0n) is 16.3. The van der Waals surface area contributed by atoms with Crippen LogP contribution in [0.3, 0.4) is 0 Å². The summed E-state index contributed by atoms with van der Waals surface area (Å²) in [5.41, 5.74) is 1.42. The number of aryl methyl sites for hydroxylation is 1. The van der Waals surface area contributed by atoms with E-state index in [4.69, 9.17) is 9.47 Å². The first-order valence-corrected chi connectivity index (χ1v) is 10.6. The highest BCUT2D eigenvalue weighted by molar-refractivity contribution is 7.09. The summed E-state index contributed by atoms with van der Waals surface area (Å²) in [7, 11) is 0. The van der Waals surface area contributed by atoms with E-state index in [1.54, 1.807) is 12.3 Å². The number of thiazole rings is 1. The highest BCUT2D eigenvalue weighted by Gasteiger charge is 2.32. The number of carbonyl (C=O) groups excluding carboxylic acids is 2. The van der Waals surface area contributed by atoms with Gasteiger partial charge in [-0.2, -0.15) is 0 Å². The van der Waals surface area contributed by atoms with E-state index in [9.17, 15) is 9.59 Å². The SMILES string of the molecule is CCOC(=O)c1csc([C@H]2CCCN2C(=O)CCCOc2ccccc2C)n1. The van der Waals surface area contributed by atoms with Gasteiger partial charge in [-0.25, -0.2) is 9.78 Å². The molecule has 1 fully saturated rings. The van der Waals surface area contributed by atoms with Crippen molar-refractivity contribution in [3.8, 4) is 5.75 Å². The number of hydrogen-bond donors (Lipinski definition) is 0. The third-order valence-electron chi connectivity index (χ3n) is 4.75. The Morgan fingerprint density at radius 1 is 1.32 bits per heavy atom. The molecule has 0 saturated carbocycles. The molecule has 0 bridgehead atoms. The summed E-state index contributed by atoms with van der Waals surface area (Å²) < 4.78 is 10.8. The van der Waals surface area contributed by atoms with Gasteiger partial charge in [0.15, 0.2) is 5.69 Å². The second-order valence-corrected chi connectivity index (χ2v) is 7.64. The van der Waals surface area contributed by atoms with Crippen molar-refractivity contribution in [3.63, 3.8) is 0 Å². The van der Waals surface area contributed by atoms with Crippen molar-refractivity contribution in [2.24, 2.45) is 0 Å². The Hall–Kier alpha value is -2.41. The molecule has 150 valence electrons. The third-order valence-corrected chi connectivity index (χ3v) is 5.70. The van der Waals surface area contributed by atoms with Gasteiger partial charge in [-0.05, 0) is 44.7 Å². The van der Waals surface area contributed by atoms with Crippen LogP contribution in [0.2, 0.25) is 0 Å². The number of ether oxygens (including phenoxy) is 2. The van der Waals surface area contributed by atoms with Crippen molar-refractivity contribution in [1.82, 2.24) is 9.88 Å². The van der Waals surface area contributed by atoms with E-state index in [1.165, 1.54) is 11.3 Å². The predicted octanol–water partition coefficient (Wildman–Crippen LogP) is 4.15. The van der Waals surface area contributed by atoms with Crippen LogP contribution in [0.15, 0.2) is 29.6 Å². The number of nitrogens with zero attached hydrogens (tertiary/aromatic N) is 2. The van der Waals surface area contributed by atoms with Crippen molar-refractivity contribution >= 4 is 23.2 Å². The van der Waals surface area contributed by atoms with Gasteiger partial charge in [-0.15, -0.1) is 11.3 Å². The lowest BCUT2D eigenvalue weighted by atomic mass is 10.2. The van der Waals surface area contributed by atoms with Crippen LogP contribution in [0.4, 0.5) is 0 Å². The topological polar surface area (TPSA) is 68.7 Å². The number of rotatable bonds is 8. The Balaban J connectivity index is 1.52. The number of likely N-dealkylation sites (tertiary alicyclic amines) is 1. The monoisotopic (exact) mass is 402 g/mol. The van der Waals surface area contributed by atoms with Gasteiger partial charge in [0.05, 0.1) is 19.3 Å². The largest absolute Gasteiger partial charge is 0.493 e. The first-order valence-electron chi connectivity index (χ1n) is 9.70. The molecule has 1 aromatic heterocycles. The van der Waals surface area contributed by atoms with Crippen molar-refractivity contribution in [1.29, 1.82) is 0 Å². The number of benzene rings is 1. The smallest absolute Gasteiger partial charge is 0.357 e. The van der Waals surface area contributed by atoms with Crippen LogP contribution in [-0.2, 0) is 9.53 Å². The average Bonchev–Trinajstić information content (AvgIpc) is 3.35. The van der Waals surface area contributed by atoms with Crippen molar-refractivity contribution in [2.45, 2.75) is 45.6 Å². The Labute approximate surface area is 169 Å². The van der Waals surface area contributed by atoms with E-state index >= 15 is 0 Å². The van der Waals surface area contributed by atoms with Crippen LogP contribution < -0.4 is 4.74 Å². The first-order chi connectivity index (χ1) is 13.6. The highest BCUT2D eigenvalue weighted by atomic mass is 32.1. The lowest BCUT2D eigenvalue weighted by molar-refractivity contribution is -0.132. The summed E-state index contributed by atoms with van der Waals surface area (Å²) in [5.74, 6) is 0.571. The van der Waals surface area contributed by atoms with E-state index in [1.807, 2.05) is 36.1 Å². The van der Waals surface area contributed by atoms with Gasteiger partial charge in [0.25, 0.3) is 0 Å². The summed E-state index contributed by atoms with van der Waals surface area (Å²) in [6.07, 6.45) is 2.94. The van der Waals surface area contributed by atoms with Crippen molar-refractivity contribution < 1.29 is 19.1 Å². The Kier molecular flexibility index (Phi) is 7.03. The van der Waals surface area contributed by atoms with Gasteiger partial charge in [0, 0.05) is 18.3 Å². The highest BCUT2D eigenvalue weighted by Crippen LogP contribution is 2.34. The average molecular weight is 403 g/mol. The van der Waals surface area contributed by atoms with E-state index in [0.717, 1.165) is 35.7 Å². The molecule has 0 unspecified atom stereocenters. The molecule has 2 aromatic rings. The molecule has 2 heterocycles. The Morgan fingerprint density at radius 3 is 2.93 bits per heavy atom. The molecule has 0 radical (unpaired) electrons. The molecule has 1 aliphatic heterocycles. The van der Waals surface area contributed by atoms with Crippen molar-refractivity contribution in [2.75, 3.05) is 19.8 Å². The quantitative estimate of drug-likeness (QED) is 0.490. The molecule has 0 N–H and O–H groups in total. The summed E-state index contributed by atoms with van der Waals surface area (Å²) in [6.45, 7) is 5.35. The van der Waals surface area contributed by atoms with Crippen LogP contribution >= 0.6 is 11.3 Å². The number of aromatic nitrogens is 1. The third kappa shape index (κ3) is 4.90. The fourth-order valence-electron chi connectivity index (χ4n) is 3.33. The normalized spacial score (nSPS) is 16.2. The van der Waals surface area contributed by atoms with Gasteiger partial charge in [-0.3, -0.25) is 4.79 Å². The van der Waals surface area contributed by atoms with Gasteiger partial charge in [0.1, 0.15) is 10.8 Å². The van der Waals surface area contributed by atoms with Crippen LogP contribution in [-0.4, -0.2) is 41.5 Å². The van der Waals surface area contributed by atoms with Crippen LogP contribution in [0.1, 0.15) is 59.7 Å². The number of para-hydroxylation sites is 1. The number of esters is 1. The lowest BCUT2D eigenvalue weighted by Crippen LogP contribution is -2.30. The Bertz CT molecular complexity index is 820. The fraction of sp³-hybridized carbons (Fsp3) is 0.476. The molecule has 1 saturated heterocycles. The van der Waals surface area contributed by atoms with E-state index in [0.29, 0.717) is 31.7 Å². The number of amides is 1. The van der Waals surface area contributed by atoms with E-state index < -0.39 is 5.97 Å². The fourth-order valence-corrected chi connectivity index (χ4v) is 4.26. The molecular weight excluding hydrogens is 376 g/mol. The van der Waals surface area contributed by atoms with Crippen LogP contribution in [0, 0.1) is 6.92 Å². The molecule has 0 aliphatic carbocycles. The second-order valence-electron chi connectivity index (χ2n) is 6.75. The maximum absolute atomic E-state index is 12.7. The minimum absolute atomic E-state index is 0.0436. The molecule has 28 heavy (non-hydrogen) atoms. The first kappa shape index (κ1) is 20.3.